The summed E-state index contributed by atoms with van der Waals surface area (Å²) in [5, 5.41) is 17.0. The Morgan fingerprint density at radius 3 is 2.79 bits per heavy atom. The van der Waals surface area contributed by atoms with Crippen LogP contribution in [0.3, 0.4) is 0 Å². The maximum atomic E-state index is 13.0. The van der Waals surface area contributed by atoms with Crippen LogP contribution < -0.4 is 10.6 Å². The number of ether oxygens (including phenoxy) is 1. The van der Waals surface area contributed by atoms with Crippen molar-refractivity contribution in [3.63, 3.8) is 0 Å². The monoisotopic (exact) mass is 486 g/mol. The normalized spacial score (nSPS) is 19.1. The molecule has 3 N–H and O–H groups in total. The Bertz CT molecular complexity index is 1050. The number of aliphatic carboxylic acids is 1. The maximum absolute atomic E-state index is 13.0. The first-order valence-corrected chi connectivity index (χ1v) is 12.5. The number of aromatic nitrogens is 1. The third-order valence-corrected chi connectivity index (χ3v) is 7.10. The number of rotatable bonds is 8. The summed E-state index contributed by atoms with van der Waals surface area (Å²) in [4.78, 5) is 43.3. The molecular weight excluding hydrogens is 456 g/mol. The highest BCUT2D eigenvalue weighted by Gasteiger charge is 2.27. The fraction of sp³-hybridized carbons (Fsp3) is 0.500. The number of carboxylic acids is 1. The van der Waals surface area contributed by atoms with Gasteiger partial charge in [0.25, 0.3) is 0 Å². The van der Waals surface area contributed by atoms with Crippen molar-refractivity contribution >= 4 is 39.9 Å². The lowest BCUT2D eigenvalue weighted by Crippen LogP contribution is -2.46. The number of morpholine rings is 1. The zero-order valence-electron chi connectivity index (χ0n) is 19.2. The van der Waals surface area contributed by atoms with Gasteiger partial charge in [0, 0.05) is 42.9 Å². The van der Waals surface area contributed by atoms with E-state index in [0.29, 0.717) is 49.0 Å². The van der Waals surface area contributed by atoms with Gasteiger partial charge in [-0.15, -0.1) is 11.3 Å². The van der Waals surface area contributed by atoms with E-state index < -0.39 is 18.1 Å². The molecule has 1 saturated carbocycles. The zero-order valence-corrected chi connectivity index (χ0v) is 20.0. The van der Waals surface area contributed by atoms with Gasteiger partial charge >= 0.3 is 12.0 Å². The number of benzene rings is 1. The predicted molar refractivity (Wildman–Crippen MR) is 130 cm³/mol. The Morgan fingerprint density at radius 2 is 2.03 bits per heavy atom. The van der Waals surface area contributed by atoms with Crippen LogP contribution in [-0.4, -0.2) is 65.1 Å². The van der Waals surface area contributed by atoms with Crippen LogP contribution in [-0.2, 0) is 16.0 Å². The molecule has 2 heterocycles. The van der Waals surface area contributed by atoms with Crippen molar-refractivity contribution in [1.82, 2.24) is 9.88 Å². The minimum atomic E-state index is -0.947. The molecule has 1 aliphatic heterocycles. The topological polar surface area (TPSA) is 121 Å². The lowest BCUT2D eigenvalue weighted by molar-refractivity contribution is -0.155. The Labute approximate surface area is 202 Å². The minimum Gasteiger partial charge on any atom is -0.479 e. The second-order valence-corrected chi connectivity index (χ2v) is 9.72. The number of carbonyl (C=O) groups is 3. The molecule has 2 amide bonds. The molecule has 9 nitrogen and oxygen atoms in total. The van der Waals surface area contributed by atoms with E-state index in [-0.39, 0.29) is 11.7 Å². The number of carboxylic acid groups (broad SMARTS) is 1. The summed E-state index contributed by atoms with van der Waals surface area (Å²) in [7, 11) is 0. The molecule has 182 valence electrons. The second-order valence-electron chi connectivity index (χ2n) is 8.87. The van der Waals surface area contributed by atoms with E-state index in [1.165, 1.54) is 11.3 Å². The standard InChI is InChI=1S/C24H30N4O5S/c1-15-6-7-19(18(12-15)21(29)16-4-2-3-5-16)26-23(32)27-24-25-17(14-34-24)8-9-28-10-11-33-20(13-28)22(30)31/h6-7,12,14,16,20H,2-5,8-11,13H2,1H3,(H,30,31)(H2,25,26,27,32)/t20-/m0/s1. The van der Waals surface area contributed by atoms with Crippen LogP contribution in [0.15, 0.2) is 23.6 Å². The fourth-order valence-electron chi connectivity index (χ4n) is 4.44. The molecule has 34 heavy (non-hydrogen) atoms. The smallest absolute Gasteiger partial charge is 0.334 e. The van der Waals surface area contributed by atoms with Gasteiger partial charge in [-0.2, -0.15) is 0 Å². The SMILES string of the molecule is Cc1ccc(NC(=O)Nc2nc(CCN3CCO[C@H](C(=O)O)C3)cs2)c(C(=O)C2CCCC2)c1. The van der Waals surface area contributed by atoms with Crippen LogP contribution in [0.1, 0.15) is 47.3 Å². The Morgan fingerprint density at radius 1 is 1.24 bits per heavy atom. The Hall–Kier alpha value is -2.82. The number of nitrogens with one attached hydrogen (secondary N) is 2. The molecule has 0 radical (unpaired) electrons. The summed E-state index contributed by atoms with van der Waals surface area (Å²) in [5.74, 6) is -0.817. The first-order valence-electron chi connectivity index (χ1n) is 11.6. The number of urea groups is 1. The molecule has 10 heteroatoms. The van der Waals surface area contributed by atoms with Gasteiger partial charge in [0.1, 0.15) is 0 Å². The van der Waals surface area contributed by atoms with Crippen LogP contribution in [0.2, 0.25) is 0 Å². The lowest BCUT2D eigenvalue weighted by atomic mass is 9.94. The number of nitrogens with zero attached hydrogens (tertiary/aromatic N) is 2. The highest BCUT2D eigenvalue weighted by Crippen LogP contribution is 2.31. The molecule has 1 saturated heterocycles. The first kappa shape index (κ1) is 24.3. The molecule has 2 aliphatic rings. The number of ketones is 1. The zero-order chi connectivity index (χ0) is 24.1. The van der Waals surface area contributed by atoms with Crippen molar-refractivity contribution in [2.75, 3.05) is 36.9 Å². The average Bonchev–Trinajstić information content (AvgIpc) is 3.51. The van der Waals surface area contributed by atoms with Gasteiger partial charge in [0.15, 0.2) is 17.0 Å². The van der Waals surface area contributed by atoms with Crippen LogP contribution in [0.25, 0.3) is 0 Å². The number of anilines is 2. The summed E-state index contributed by atoms with van der Waals surface area (Å²) in [6.07, 6.45) is 3.80. The summed E-state index contributed by atoms with van der Waals surface area (Å²) in [6, 6.07) is 5.06. The van der Waals surface area contributed by atoms with Crippen LogP contribution in [0.4, 0.5) is 15.6 Å². The summed E-state index contributed by atoms with van der Waals surface area (Å²) in [6.45, 7) is 4.03. The van der Waals surface area contributed by atoms with Gasteiger partial charge in [-0.05, 0) is 31.9 Å². The average molecular weight is 487 g/mol. The van der Waals surface area contributed by atoms with Crippen LogP contribution in [0.5, 0.6) is 0 Å². The maximum Gasteiger partial charge on any atom is 0.334 e. The van der Waals surface area contributed by atoms with E-state index in [1.54, 1.807) is 6.07 Å². The Balaban J connectivity index is 1.32. The number of Topliss-reactive ketones (excluding diaryl/α,β-unsaturated/α-hetero) is 1. The van der Waals surface area contributed by atoms with Crippen molar-refractivity contribution in [3.05, 3.63) is 40.4 Å². The molecule has 2 aromatic rings. The van der Waals surface area contributed by atoms with Gasteiger partial charge in [0.2, 0.25) is 0 Å². The third kappa shape index (κ3) is 6.19. The Kier molecular flexibility index (Phi) is 7.91. The van der Waals surface area contributed by atoms with E-state index >= 15 is 0 Å². The third-order valence-electron chi connectivity index (χ3n) is 6.30. The highest BCUT2D eigenvalue weighted by molar-refractivity contribution is 7.13. The second kappa shape index (κ2) is 11.1. The minimum absolute atomic E-state index is 0.0316. The van der Waals surface area contributed by atoms with E-state index in [1.807, 2.05) is 29.3 Å². The highest BCUT2D eigenvalue weighted by atomic mass is 32.1. The van der Waals surface area contributed by atoms with E-state index in [0.717, 1.165) is 36.9 Å². The van der Waals surface area contributed by atoms with Crippen molar-refractivity contribution < 1.29 is 24.2 Å². The fourth-order valence-corrected chi connectivity index (χ4v) is 5.18. The number of carbonyl (C=O) groups excluding carboxylic acids is 2. The van der Waals surface area contributed by atoms with Crippen molar-refractivity contribution in [1.29, 1.82) is 0 Å². The van der Waals surface area contributed by atoms with Crippen LogP contribution >= 0.6 is 11.3 Å². The van der Waals surface area contributed by atoms with Gasteiger partial charge in [-0.25, -0.2) is 14.6 Å². The summed E-state index contributed by atoms with van der Waals surface area (Å²) < 4.78 is 5.25. The van der Waals surface area contributed by atoms with E-state index in [2.05, 4.69) is 15.6 Å². The van der Waals surface area contributed by atoms with E-state index in [9.17, 15) is 14.4 Å². The molecule has 1 aromatic carbocycles. The molecule has 1 atom stereocenters. The number of hydrogen-bond donors (Lipinski definition) is 3. The predicted octanol–water partition coefficient (Wildman–Crippen LogP) is 3.80. The quantitative estimate of drug-likeness (QED) is 0.485. The summed E-state index contributed by atoms with van der Waals surface area (Å²) in [5.41, 5.74) is 2.88. The van der Waals surface area contributed by atoms with E-state index in [4.69, 9.17) is 9.84 Å². The van der Waals surface area contributed by atoms with Crippen molar-refractivity contribution in [2.24, 2.45) is 5.92 Å². The molecule has 1 aliphatic carbocycles. The molecule has 0 bridgehead atoms. The lowest BCUT2D eigenvalue weighted by Gasteiger charge is -2.30. The number of hydrogen-bond acceptors (Lipinski definition) is 7. The molecule has 4 rings (SSSR count). The molecule has 0 unspecified atom stereocenters. The van der Waals surface area contributed by atoms with Crippen molar-refractivity contribution in [3.8, 4) is 0 Å². The van der Waals surface area contributed by atoms with Gasteiger partial charge in [-0.1, -0.05) is 24.5 Å². The van der Waals surface area contributed by atoms with Gasteiger partial charge in [0.05, 0.1) is 18.0 Å². The number of thiazole rings is 1. The van der Waals surface area contributed by atoms with Gasteiger partial charge in [-0.3, -0.25) is 15.0 Å². The molecule has 1 aromatic heterocycles. The van der Waals surface area contributed by atoms with Gasteiger partial charge < -0.3 is 15.2 Å². The first-order chi connectivity index (χ1) is 16.4. The molecule has 2 fully saturated rings. The number of aryl methyl sites for hydroxylation is 1. The summed E-state index contributed by atoms with van der Waals surface area (Å²) >= 11 is 1.33. The van der Waals surface area contributed by atoms with Crippen molar-refractivity contribution in [2.45, 2.75) is 45.1 Å². The van der Waals surface area contributed by atoms with Crippen LogP contribution in [0, 0.1) is 12.8 Å². The number of amides is 2. The molecular formula is C24H30N4O5S. The largest absolute Gasteiger partial charge is 0.479 e. The molecule has 0 spiro atoms.